The zero-order valence-electron chi connectivity index (χ0n) is 8.51. The molecular formula is C14H13N. The molecule has 0 unspecified atom stereocenters. The number of hydrogen-bond acceptors (Lipinski definition) is 1. The smallest absolute Gasteiger partial charge is 0.0626 e. The molecule has 1 nitrogen and oxygen atoms in total. The molecule has 0 saturated carbocycles. The Balaban J connectivity index is 1.97. The Bertz CT molecular complexity index is 418. The fourth-order valence-corrected chi connectivity index (χ4v) is 1.40. The van der Waals surface area contributed by atoms with Gasteiger partial charge in [-0.3, -0.25) is 4.98 Å². The number of pyridine rings is 1. The van der Waals surface area contributed by atoms with Crippen molar-refractivity contribution in [2.75, 3.05) is 0 Å². The lowest BCUT2D eigenvalue weighted by Crippen LogP contribution is -1.80. The highest BCUT2D eigenvalue weighted by Gasteiger charge is 1.87. The first-order valence-electron chi connectivity index (χ1n) is 5.06. The number of rotatable bonds is 3. The molecule has 1 heteroatoms. The maximum atomic E-state index is 4.22. The van der Waals surface area contributed by atoms with E-state index in [9.17, 15) is 0 Å². The third-order valence-electron chi connectivity index (χ3n) is 2.17. The van der Waals surface area contributed by atoms with E-state index in [1.54, 1.807) is 0 Å². The van der Waals surface area contributed by atoms with Crippen molar-refractivity contribution in [3.63, 3.8) is 0 Å². The van der Waals surface area contributed by atoms with Crippen LogP contribution in [0.25, 0.3) is 6.08 Å². The largest absolute Gasteiger partial charge is 0.257 e. The summed E-state index contributed by atoms with van der Waals surface area (Å²) in [5.74, 6) is 0. The second kappa shape index (κ2) is 5.11. The minimum Gasteiger partial charge on any atom is -0.257 e. The van der Waals surface area contributed by atoms with Gasteiger partial charge in [0.2, 0.25) is 0 Å². The molecule has 2 aromatic rings. The second-order valence-corrected chi connectivity index (χ2v) is 3.35. The van der Waals surface area contributed by atoms with E-state index in [1.165, 1.54) is 5.56 Å². The van der Waals surface area contributed by atoms with E-state index in [1.807, 2.05) is 36.5 Å². The molecule has 0 bridgehead atoms. The van der Waals surface area contributed by atoms with Crippen LogP contribution in [0.3, 0.4) is 0 Å². The normalized spacial score (nSPS) is 10.7. The van der Waals surface area contributed by atoms with Gasteiger partial charge in [0.25, 0.3) is 0 Å². The van der Waals surface area contributed by atoms with Gasteiger partial charge in [0.15, 0.2) is 0 Å². The van der Waals surface area contributed by atoms with Crippen molar-refractivity contribution in [1.29, 1.82) is 0 Å². The summed E-state index contributed by atoms with van der Waals surface area (Å²) in [6.45, 7) is 0. The van der Waals surface area contributed by atoms with Crippen LogP contribution < -0.4 is 0 Å². The van der Waals surface area contributed by atoms with Gasteiger partial charge in [-0.15, -0.1) is 0 Å². The number of hydrogen-bond donors (Lipinski definition) is 0. The van der Waals surface area contributed by atoms with Crippen LogP contribution in [0, 0.1) is 0 Å². The van der Waals surface area contributed by atoms with Gasteiger partial charge in [-0.2, -0.15) is 0 Å². The lowest BCUT2D eigenvalue weighted by Gasteiger charge is -1.94. The molecule has 2 rings (SSSR count). The molecule has 0 N–H and O–H groups in total. The summed E-state index contributed by atoms with van der Waals surface area (Å²) in [5, 5.41) is 0. The Morgan fingerprint density at radius 1 is 0.933 bits per heavy atom. The molecule has 0 aliphatic heterocycles. The molecule has 1 heterocycles. The van der Waals surface area contributed by atoms with Crippen LogP contribution in [-0.4, -0.2) is 4.98 Å². The van der Waals surface area contributed by atoms with Gasteiger partial charge in [-0.05, 0) is 30.2 Å². The maximum Gasteiger partial charge on any atom is 0.0626 e. The Morgan fingerprint density at radius 2 is 1.73 bits per heavy atom. The van der Waals surface area contributed by atoms with Gasteiger partial charge in [-0.1, -0.05) is 42.5 Å². The fraction of sp³-hybridized carbons (Fsp3) is 0.0714. The topological polar surface area (TPSA) is 12.9 Å². The molecule has 1 aromatic carbocycles. The van der Waals surface area contributed by atoms with Gasteiger partial charge in [0.1, 0.15) is 0 Å². The average Bonchev–Trinajstić information content (AvgIpc) is 2.32. The SMILES string of the molecule is C(=C/c1ccccn1)/Cc1ccccc1. The molecular weight excluding hydrogens is 182 g/mol. The number of aromatic nitrogens is 1. The number of benzene rings is 1. The first-order valence-corrected chi connectivity index (χ1v) is 5.06. The quantitative estimate of drug-likeness (QED) is 0.732. The highest BCUT2D eigenvalue weighted by atomic mass is 14.6. The molecule has 0 fully saturated rings. The summed E-state index contributed by atoms with van der Waals surface area (Å²) in [4.78, 5) is 4.22. The Morgan fingerprint density at radius 3 is 2.47 bits per heavy atom. The third kappa shape index (κ3) is 3.06. The molecule has 15 heavy (non-hydrogen) atoms. The van der Waals surface area contributed by atoms with E-state index in [4.69, 9.17) is 0 Å². The molecule has 0 radical (unpaired) electrons. The predicted molar refractivity (Wildman–Crippen MR) is 63.4 cm³/mol. The minimum atomic E-state index is 0.956. The summed E-state index contributed by atoms with van der Waals surface area (Å²) >= 11 is 0. The standard InChI is InChI=1S/C14H13N/c1-2-7-13(8-3-1)9-6-11-14-10-4-5-12-15-14/h1-8,10-12H,9H2/b11-6-. The summed E-state index contributed by atoms with van der Waals surface area (Å²) < 4.78 is 0. The van der Waals surface area contributed by atoms with Crippen molar-refractivity contribution < 1.29 is 0 Å². The van der Waals surface area contributed by atoms with Gasteiger partial charge in [0.05, 0.1) is 5.69 Å². The molecule has 0 aliphatic rings. The van der Waals surface area contributed by atoms with E-state index in [-0.39, 0.29) is 0 Å². The lowest BCUT2D eigenvalue weighted by molar-refractivity contribution is 1.26. The monoisotopic (exact) mass is 195 g/mol. The van der Waals surface area contributed by atoms with Crippen molar-refractivity contribution in [3.05, 3.63) is 72.1 Å². The van der Waals surface area contributed by atoms with E-state index in [0.29, 0.717) is 0 Å². The van der Waals surface area contributed by atoms with Gasteiger partial charge in [0, 0.05) is 6.20 Å². The zero-order chi connectivity index (χ0) is 10.3. The first kappa shape index (κ1) is 9.66. The van der Waals surface area contributed by atoms with E-state index >= 15 is 0 Å². The molecule has 0 spiro atoms. The predicted octanol–water partition coefficient (Wildman–Crippen LogP) is 3.34. The van der Waals surface area contributed by atoms with Crippen molar-refractivity contribution in [3.8, 4) is 0 Å². The summed E-state index contributed by atoms with van der Waals surface area (Å²) in [6, 6.07) is 16.3. The molecule has 74 valence electrons. The van der Waals surface area contributed by atoms with E-state index < -0.39 is 0 Å². The second-order valence-electron chi connectivity index (χ2n) is 3.35. The molecule has 0 aliphatic carbocycles. The molecule has 0 atom stereocenters. The fourth-order valence-electron chi connectivity index (χ4n) is 1.40. The van der Waals surface area contributed by atoms with Crippen LogP contribution in [0.4, 0.5) is 0 Å². The maximum absolute atomic E-state index is 4.22. The molecule has 0 saturated heterocycles. The van der Waals surface area contributed by atoms with Crippen molar-refractivity contribution in [2.45, 2.75) is 6.42 Å². The van der Waals surface area contributed by atoms with Crippen molar-refractivity contribution in [2.24, 2.45) is 0 Å². The molecule has 0 amide bonds. The van der Waals surface area contributed by atoms with E-state index in [2.05, 4.69) is 35.3 Å². The Kier molecular flexibility index (Phi) is 3.29. The summed E-state index contributed by atoms with van der Waals surface area (Å²) in [7, 11) is 0. The van der Waals surface area contributed by atoms with Gasteiger partial charge < -0.3 is 0 Å². The Labute approximate surface area is 90.1 Å². The lowest BCUT2D eigenvalue weighted by atomic mass is 10.1. The first-order chi connectivity index (χ1) is 7.45. The van der Waals surface area contributed by atoms with Crippen molar-refractivity contribution in [1.82, 2.24) is 4.98 Å². The highest BCUT2D eigenvalue weighted by Crippen LogP contribution is 2.02. The van der Waals surface area contributed by atoms with Crippen LogP contribution in [0.2, 0.25) is 0 Å². The highest BCUT2D eigenvalue weighted by molar-refractivity contribution is 5.44. The van der Waals surface area contributed by atoms with Gasteiger partial charge >= 0.3 is 0 Å². The average molecular weight is 195 g/mol. The third-order valence-corrected chi connectivity index (χ3v) is 2.17. The van der Waals surface area contributed by atoms with Crippen LogP contribution in [0.15, 0.2) is 60.8 Å². The minimum absolute atomic E-state index is 0.956. The molecule has 1 aromatic heterocycles. The van der Waals surface area contributed by atoms with Crippen molar-refractivity contribution >= 4 is 6.08 Å². The number of nitrogens with zero attached hydrogens (tertiary/aromatic N) is 1. The zero-order valence-corrected chi connectivity index (χ0v) is 8.51. The summed E-state index contributed by atoms with van der Waals surface area (Å²) in [5.41, 5.74) is 2.33. The van der Waals surface area contributed by atoms with Crippen LogP contribution >= 0.6 is 0 Å². The van der Waals surface area contributed by atoms with E-state index in [0.717, 1.165) is 12.1 Å². The van der Waals surface area contributed by atoms with Crippen LogP contribution in [0.1, 0.15) is 11.3 Å². The van der Waals surface area contributed by atoms with Crippen LogP contribution in [-0.2, 0) is 6.42 Å². The summed E-state index contributed by atoms with van der Waals surface area (Å²) in [6.07, 6.45) is 6.95. The van der Waals surface area contributed by atoms with Gasteiger partial charge in [-0.25, -0.2) is 0 Å². The number of allylic oxidation sites excluding steroid dienone is 1. The van der Waals surface area contributed by atoms with Crippen LogP contribution in [0.5, 0.6) is 0 Å². The Hall–Kier alpha value is -1.89.